The van der Waals surface area contributed by atoms with E-state index in [1.165, 1.54) is 19.3 Å². The fraction of sp³-hybridized carbons (Fsp3) is 0.520. The molecular formula is C25H30N2O3. The third-order valence-corrected chi connectivity index (χ3v) is 7.26. The van der Waals surface area contributed by atoms with Crippen LogP contribution >= 0.6 is 0 Å². The highest BCUT2D eigenvalue weighted by Crippen LogP contribution is 2.41. The van der Waals surface area contributed by atoms with Crippen LogP contribution in [0.3, 0.4) is 0 Å². The quantitative estimate of drug-likeness (QED) is 0.773. The number of benzene rings is 1. The number of rotatable bonds is 3. The van der Waals surface area contributed by atoms with E-state index in [4.69, 9.17) is 4.74 Å². The molecule has 2 aromatic rings. The van der Waals surface area contributed by atoms with Gasteiger partial charge in [0.05, 0.1) is 7.11 Å². The van der Waals surface area contributed by atoms with Crippen LogP contribution < -0.4 is 10.3 Å². The van der Waals surface area contributed by atoms with Crippen LogP contribution in [0.1, 0.15) is 50.1 Å². The molecule has 0 spiro atoms. The van der Waals surface area contributed by atoms with Crippen molar-refractivity contribution in [2.75, 3.05) is 20.2 Å². The number of piperidine rings is 1. The van der Waals surface area contributed by atoms with Gasteiger partial charge in [0.1, 0.15) is 5.75 Å². The molecule has 5 nitrogen and oxygen atoms in total. The molecule has 1 aliphatic carbocycles. The highest BCUT2D eigenvalue weighted by atomic mass is 16.5. The van der Waals surface area contributed by atoms with E-state index in [0.717, 1.165) is 54.9 Å². The minimum absolute atomic E-state index is 0.0732. The van der Waals surface area contributed by atoms with E-state index in [0.29, 0.717) is 18.4 Å². The topological polar surface area (TPSA) is 51.5 Å². The molecule has 1 saturated heterocycles. The highest BCUT2D eigenvalue weighted by Gasteiger charge is 2.39. The summed E-state index contributed by atoms with van der Waals surface area (Å²) in [5.41, 5.74) is 3.37. The van der Waals surface area contributed by atoms with Crippen LogP contribution in [0.2, 0.25) is 0 Å². The van der Waals surface area contributed by atoms with Gasteiger partial charge in [-0.1, -0.05) is 31.4 Å². The Balaban J connectivity index is 1.48. The number of aromatic nitrogens is 1. The Morgan fingerprint density at radius 2 is 1.73 bits per heavy atom. The van der Waals surface area contributed by atoms with Gasteiger partial charge in [0.2, 0.25) is 5.91 Å². The van der Waals surface area contributed by atoms with Crippen molar-refractivity contribution in [1.82, 2.24) is 9.47 Å². The average Bonchev–Trinajstić information content (AvgIpc) is 2.80. The van der Waals surface area contributed by atoms with Crippen LogP contribution in [-0.4, -0.2) is 35.6 Å². The monoisotopic (exact) mass is 406 g/mol. The highest BCUT2D eigenvalue weighted by molar-refractivity contribution is 5.79. The third kappa shape index (κ3) is 3.44. The van der Waals surface area contributed by atoms with Crippen molar-refractivity contribution in [3.05, 3.63) is 52.4 Å². The van der Waals surface area contributed by atoms with Crippen LogP contribution in [-0.2, 0) is 11.3 Å². The van der Waals surface area contributed by atoms with Crippen molar-refractivity contribution in [2.24, 2.45) is 11.8 Å². The lowest BCUT2D eigenvalue weighted by Crippen LogP contribution is -2.51. The van der Waals surface area contributed by atoms with Gasteiger partial charge in [-0.3, -0.25) is 9.59 Å². The Bertz CT molecular complexity index is 988. The number of carbonyl (C=O) groups is 1. The van der Waals surface area contributed by atoms with Crippen molar-refractivity contribution in [2.45, 2.75) is 51.0 Å². The normalized spacial score (nSPS) is 23.7. The van der Waals surface area contributed by atoms with Gasteiger partial charge in [0, 0.05) is 48.8 Å². The summed E-state index contributed by atoms with van der Waals surface area (Å²) in [5, 5.41) is 0. The number of carbonyl (C=O) groups excluding carboxylic acids is 1. The fourth-order valence-electron chi connectivity index (χ4n) is 5.82. The smallest absolute Gasteiger partial charge is 0.250 e. The first-order valence-electron chi connectivity index (χ1n) is 11.3. The van der Waals surface area contributed by atoms with E-state index in [1.807, 2.05) is 22.8 Å². The predicted molar refractivity (Wildman–Crippen MR) is 117 cm³/mol. The third-order valence-electron chi connectivity index (χ3n) is 7.26. The zero-order valence-corrected chi connectivity index (χ0v) is 17.7. The van der Waals surface area contributed by atoms with Crippen LogP contribution in [0, 0.1) is 11.8 Å². The van der Waals surface area contributed by atoms with Crippen molar-refractivity contribution in [3.8, 4) is 16.9 Å². The Morgan fingerprint density at radius 3 is 2.47 bits per heavy atom. The summed E-state index contributed by atoms with van der Waals surface area (Å²) in [6.07, 6.45) is 6.75. The van der Waals surface area contributed by atoms with Gasteiger partial charge in [0.15, 0.2) is 0 Å². The minimum atomic E-state index is 0.0732. The second-order valence-electron chi connectivity index (χ2n) is 9.19. The van der Waals surface area contributed by atoms with Gasteiger partial charge in [-0.15, -0.1) is 0 Å². The number of methoxy groups -OCH3 is 1. The lowest BCUT2D eigenvalue weighted by Gasteiger charge is -2.44. The van der Waals surface area contributed by atoms with E-state index in [-0.39, 0.29) is 17.4 Å². The van der Waals surface area contributed by atoms with Gasteiger partial charge >= 0.3 is 0 Å². The first kappa shape index (κ1) is 19.4. The lowest BCUT2D eigenvalue weighted by atomic mass is 9.79. The summed E-state index contributed by atoms with van der Waals surface area (Å²) >= 11 is 0. The summed E-state index contributed by atoms with van der Waals surface area (Å²) in [6.45, 7) is 2.24. The zero-order chi connectivity index (χ0) is 20.7. The molecule has 2 atom stereocenters. The Morgan fingerprint density at radius 1 is 0.967 bits per heavy atom. The largest absolute Gasteiger partial charge is 0.497 e. The number of amides is 1. The number of hydrogen-bond donors (Lipinski definition) is 0. The summed E-state index contributed by atoms with van der Waals surface area (Å²) in [4.78, 5) is 28.1. The predicted octanol–water partition coefficient (Wildman–Crippen LogP) is 4.05. The zero-order valence-electron chi connectivity index (χ0n) is 17.7. The molecule has 3 aliphatic rings. The molecule has 0 unspecified atom stereocenters. The molecular weight excluding hydrogens is 376 g/mol. The van der Waals surface area contributed by atoms with Gasteiger partial charge in [-0.2, -0.15) is 0 Å². The summed E-state index contributed by atoms with van der Waals surface area (Å²) in [6, 6.07) is 11.7. The molecule has 0 radical (unpaired) electrons. The molecule has 1 saturated carbocycles. The van der Waals surface area contributed by atoms with E-state index >= 15 is 0 Å². The van der Waals surface area contributed by atoms with Crippen LogP contribution in [0.25, 0.3) is 11.1 Å². The second kappa shape index (κ2) is 7.93. The maximum atomic E-state index is 13.2. The minimum Gasteiger partial charge on any atom is -0.497 e. The maximum absolute atomic E-state index is 13.2. The average molecular weight is 407 g/mol. The molecule has 30 heavy (non-hydrogen) atoms. The lowest BCUT2D eigenvalue weighted by molar-refractivity contribution is -0.139. The summed E-state index contributed by atoms with van der Waals surface area (Å²) in [5.74, 6) is 1.96. The number of likely N-dealkylation sites (tertiary alicyclic amines) is 1. The van der Waals surface area contributed by atoms with Gasteiger partial charge in [0.25, 0.3) is 5.56 Å². The number of pyridine rings is 1. The Hall–Kier alpha value is -2.56. The van der Waals surface area contributed by atoms with Crippen molar-refractivity contribution in [1.29, 1.82) is 0 Å². The van der Waals surface area contributed by atoms with Crippen LogP contribution in [0.5, 0.6) is 5.75 Å². The first-order chi connectivity index (χ1) is 14.6. The molecule has 3 heterocycles. The van der Waals surface area contributed by atoms with E-state index in [2.05, 4.69) is 17.0 Å². The molecule has 2 bridgehead atoms. The molecule has 1 aromatic heterocycles. The molecule has 1 amide bonds. The molecule has 5 rings (SSSR count). The van der Waals surface area contributed by atoms with Gasteiger partial charge < -0.3 is 14.2 Å². The van der Waals surface area contributed by atoms with E-state index in [1.54, 1.807) is 13.2 Å². The van der Waals surface area contributed by atoms with Crippen molar-refractivity contribution >= 4 is 5.91 Å². The fourth-order valence-corrected chi connectivity index (χ4v) is 5.82. The molecule has 5 heteroatoms. The number of nitrogens with zero attached hydrogens (tertiary/aromatic N) is 2. The van der Waals surface area contributed by atoms with Crippen molar-refractivity contribution in [3.63, 3.8) is 0 Å². The van der Waals surface area contributed by atoms with E-state index < -0.39 is 0 Å². The van der Waals surface area contributed by atoms with Gasteiger partial charge in [-0.05, 0) is 48.9 Å². The molecule has 0 N–H and O–H groups in total. The first-order valence-corrected chi connectivity index (χ1v) is 11.3. The second-order valence-corrected chi connectivity index (χ2v) is 9.19. The molecule has 1 aromatic carbocycles. The number of fused-ring (bicyclic) bond motifs is 4. The Labute approximate surface area is 177 Å². The SMILES string of the molecule is COc1ccc(-c2ccc(=O)n3c2[C@H]2C[C@@H](CN(C(=O)C4CCCCC4)C2)C3)cc1. The summed E-state index contributed by atoms with van der Waals surface area (Å²) in [7, 11) is 1.67. The Kier molecular flexibility index (Phi) is 5.13. The summed E-state index contributed by atoms with van der Waals surface area (Å²) < 4.78 is 7.27. The number of ether oxygens (including phenoxy) is 1. The standard InChI is InChI=1S/C25H30N2O3/c1-30-21-9-7-18(8-10-21)22-11-12-23(28)27-15-17-13-20(24(22)27)16-26(14-17)25(29)19-5-3-2-4-6-19/h7-12,17,19-20H,2-6,13-16H2,1H3/t17-,20-/m0/s1. The maximum Gasteiger partial charge on any atom is 0.250 e. The van der Waals surface area contributed by atoms with Crippen molar-refractivity contribution < 1.29 is 9.53 Å². The number of hydrogen-bond acceptors (Lipinski definition) is 3. The molecule has 158 valence electrons. The van der Waals surface area contributed by atoms with E-state index in [9.17, 15) is 9.59 Å². The van der Waals surface area contributed by atoms with Crippen LogP contribution in [0.4, 0.5) is 0 Å². The molecule has 2 fully saturated rings. The molecule has 2 aliphatic heterocycles. The van der Waals surface area contributed by atoms with Gasteiger partial charge in [-0.25, -0.2) is 0 Å². The van der Waals surface area contributed by atoms with Crippen LogP contribution in [0.15, 0.2) is 41.2 Å².